The third kappa shape index (κ3) is 5.65. The van der Waals surface area contributed by atoms with E-state index in [1.165, 1.54) is 0 Å². The Kier molecular flexibility index (Phi) is 7.15. The topological polar surface area (TPSA) is 85.7 Å². The van der Waals surface area contributed by atoms with Gasteiger partial charge in [-0.15, -0.1) is 0 Å². The summed E-state index contributed by atoms with van der Waals surface area (Å²) in [6.45, 7) is 3.64. The lowest BCUT2D eigenvalue weighted by molar-refractivity contribution is -0.137. The summed E-state index contributed by atoms with van der Waals surface area (Å²) in [7, 11) is 0. The van der Waals surface area contributed by atoms with Crippen molar-refractivity contribution >= 4 is 29.2 Å². The van der Waals surface area contributed by atoms with Crippen LogP contribution in [-0.2, 0) is 4.79 Å². The van der Waals surface area contributed by atoms with E-state index in [2.05, 4.69) is 11.4 Å². The molecule has 1 aliphatic heterocycles. The minimum Gasteiger partial charge on any atom is -0.481 e. The standard InChI is InChI=1S/C22H23ClN4O3/c1-16(30-20-8-2-5-17(13-20)15-24)21(28)26-9-4-10-27(12-11-26)22(29)25-19-7-3-6-18(23)14-19/h2-3,5-8,13-14,16H,4,9-12H2,1H3,(H,25,29). The smallest absolute Gasteiger partial charge is 0.321 e. The summed E-state index contributed by atoms with van der Waals surface area (Å²) in [6.07, 6.45) is -0.0171. The summed E-state index contributed by atoms with van der Waals surface area (Å²) in [5.41, 5.74) is 1.11. The molecule has 156 valence electrons. The Morgan fingerprint density at radius 2 is 1.83 bits per heavy atom. The van der Waals surface area contributed by atoms with E-state index in [-0.39, 0.29) is 11.9 Å². The number of rotatable bonds is 4. The van der Waals surface area contributed by atoms with Gasteiger partial charge in [0.15, 0.2) is 6.10 Å². The number of ether oxygens (including phenoxy) is 1. The van der Waals surface area contributed by atoms with Gasteiger partial charge < -0.3 is 19.9 Å². The molecule has 1 atom stereocenters. The third-order valence-electron chi connectivity index (χ3n) is 4.79. The number of nitriles is 1. The molecule has 30 heavy (non-hydrogen) atoms. The molecule has 0 aliphatic carbocycles. The average Bonchev–Trinajstić information content (AvgIpc) is 2.99. The Labute approximate surface area is 180 Å². The van der Waals surface area contributed by atoms with Gasteiger partial charge in [-0.25, -0.2) is 4.79 Å². The van der Waals surface area contributed by atoms with Crippen LogP contribution in [0.4, 0.5) is 10.5 Å². The number of benzene rings is 2. The highest BCUT2D eigenvalue weighted by molar-refractivity contribution is 6.30. The summed E-state index contributed by atoms with van der Waals surface area (Å²) in [5, 5.41) is 12.4. The lowest BCUT2D eigenvalue weighted by Crippen LogP contribution is -2.43. The van der Waals surface area contributed by atoms with Gasteiger partial charge in [0, 0.05) is 36.9 Å². The van der Waals surface area contributed by atoms with E-state index < -0.39 is 6.10 Å². The van der Waals surface area contributed by atoms with Crippen LogP contribution in [0.2, 0.25) is 5.02 Å². The fourth-order valence-electron chi connectivity index (χ4n) is 3.26. The molecule has 1 fully saturated rings. The van der Waals surface area contributed by atoms with Crippen molar-refractivity contribution in [2.24, 2.45) is 0 Å². The molecule has 0 bridgehead atoms. The van der Waals surface area contributed by atoms with Crippen molar-refractivity contribution in [3.63, 3.8) is 0 Å². The number of carbonyl (C=O) groups is 2. The first-order valence-corrected chi connectivity index (χ1v) is 10.1. The van der Waals surface area contributed by atoms with Crippen LogP contribution in [-0.4, -0.2) is 54.0 Å². The number of nitrogens with zero attached hydrogens (tertiary/aromatic N) is 3. The summed E-state index contributed by atoms with van der Waals surface area (Å²) in [4.78, 5) is 28.8. The molecule has 2 aromatic carbocycles. The van der Waals surface area contributed by atoms with Crippen molar-refractivity contribution in [2.45, 2.75) is 19.4 Å². The zero-order chi connectivity index (χ0) is 21.5. The maximum atomic E-state index is 12.8. The van der Waals surface area contributed by atoms with Crippen molar-refractivity contribution in [3.8, 4) is 11.8 Å². The van der Waals surface area contributed by atoms with Gasteiger partial charge >= 0.3 is 6.03 Å². The van der Waals surface area contributed by atoms with Crippen molar-refractivity contribution in [1.29, 1.82) is 5.26 Å². The number of carbonyl (C=O) groups excluding carboxylic acids is 2. The molecule has 2 aromatic rings. The molecular formula is C22H23ClN4O3. The molecule has 3 rings (SSSR count). The number of urea groups is 1. The predicted octanol–water partition coefficient (Wildman–Crippen LogP) is 3.75. The van der Waals surface area contributed by atoms with Crippen LogP contribution in [0.5, 0.6) is 5.75 Å². The molecule has 3 amide bonds. The van der Waals surface area contributed by atoms with Crippen molar-refractivity contribution < 1.29 is 14.3 Å². The van der Waals surface area contributed by atoms with E-state index in [0.29, 0.717) is 54.6 Å². The number of nitrogens with one attached hydrogen (secondary N) is 1. The Morgan fingerprint density at radius 3 is 2.60 bits per heavy atom. The number of hydrogen-bond donors (Lipinski definition) is 1. The van der Waals surface area contributed by atoms with Crippen LogP contribution in [0.15, 0.2) is 48.5 Å². The monoisotopic (exact) mass is 426 g/mol. The zero-order valence-corrected chi connectivity index (χ0v) is 17.4. The first-order chi connectivity index (χ1) is 14.5. The van der Waals surface area contributed by atoms with E-state index in [0.717, 1.165) is 0 Å². The molecule has 7 nitrogen and oxygen atoms in total. The van der Waals surface area contributed by atoms with Gasteiger partial charge in [-0.1, -0.05) is 23.7 Å². The van der Waals surface area contributed by atoms with Crippen molar-refractivity contribution in [2.75, 3.05) is 31.5 Å². The minimum atomic E-state index is -0.689. The van der Waals surface area contributed by atoms with Crippen LogP contribution < -0.4 is 10.1 Å². The Hall–Kier alpha value is -3.24. The van der Waals surface area contributed by atoms with Gasteiger partial charge in [-0.3, -0.25) is 4.79 Å². The minimum absolute atomic E-state index is 0.144. The summed E-state index contributed by atoms with van der Waals surface area (Å²) < 4.78 is 5.73. The van der Waals surface area contributed by atoms with E-state index in [1.807, 2.05) is 0 Å². The number of hydrogen-bond acceptors (Lipinski definition) is 4. The van der Waals surface area contributed by atoms with E-state index >= 15 is 0 Å². The summed E-state index contributed by atoms with van der Waals surface area (Å²) in [5.74, 6) is 0.335. The van der Waals surface area contributed by atoms with Gasteiger partial charge in [-0.05, 0) is 49.7 Å². The molecule has 0 aromatic heterocycles. The van der Waals surface area contributed by atoms with Crippen molar-refractivity contribution in [1.82, 2.24) is 9.80 Å². The quantitative estimate of drug-likeness (QED) is 0.806. The molecule has 0 radical (unpaired) electrons. The predicted molar refractivity (Wildman–Crippen MR) is 114 cm³/mol. The normalized spacial score (nSPS) is 15.0. The van der Waals surface area contributed by atoms with E-state index in [4.69, 9.17) is 21.6 Å². The maximum Gasteiger partial charge on any atom is 0.321 e. The van der Waals surface area contributed by atoms with Gasteiger partial charge in [0.2, 0.25) is 0 Å². The first-order valence-electron chi connectivity index (χ1n) is 9.73. The van der Waals surface area contributed by atoms with E-state index in [1.54, 1.807) is 65.3 Å². The van der Waals surface area contributed by atoms with Crippen LogP contribution in [0.3, 0.4) is 0 Å². The van der Waals surface area contributed by atoms with Crippen LogP contribution in [0, 0.1) is 11.3 Å². The van der Waals surface area contributed by atoms with Crippen LogP contribution in [0.25, 0.3) is 0 Å². The fourth-order valence-corrected chi connectivity index (χ4v) is 3.45. The van der Waals surface area contributed by atoms with Crippen molar-refractivity contribution in [3.05, 3.63) is 59.1 Å². The van der Waals surface area contributed by atoms with E-state index in [9.17, 15) is 9.59 Å². The molecule has 1 aliphatic rings. The van der Waals surface area contributed by atoms with Crippen LogP contribution >= 0.6 is 11.6 Å². The Morgan fingerprint density at radius 1 is 1.10 bits per heavy atom. The van der Waals surface area contributed by atoms with Gasteiger partial charge in [-0.2, -0.15) is 5.26 Å². The number of halogens is 1. The second kappa shape index (κ2) is 9.99. The summed E-state index contributed by atoms with van der Waals surface area (Å²) >= 11 is 5.96. The van der Waals surface area contributed by atoms with Gasteiger partial charge in [0.25, 0.3) is 5.91 Å². The first kappa shape index (κ1) is 21.5. The third-order valence-corrected chi connectivity index (χ3v) is 5.03. The molecule has 0 saturated carbocycles. The Bertz CT molecular complexity index is 959. The molecule has 0 spiro atoms. The molecule has 1 N–H and O–H groups in total. The lowest BCUT2D eigenvalue weighted by atomic mass is 10.2. The average molecular weight is 427 g/mol. The second-order valence-electron chi connectivity index (χ2n) is 7.01. The molecule has 1 unspecified atom stereocenters. The van der Waals surface area contributed by atoms with Gasteiger partial charge in [0.1, 0.15) is 5.75 Å². The molecule has 1 saturated heterocycles. The maximum absolute atomic E-state index is 12.8. The fraction of sp³-hybridized carbons (Fsp3) is 0.318. The van der Waals surface area contributed by atoms with Crippen LogP contribution in [0.1, 0.15) is 18.9 Å². The molecule has 1 heterocycles. The second-order valence-corrected chi connectivity index (χ2v) is 7.44. The number of anilines is 1. The zero-order valence-electron chi connectivity index (χ0n) is 16.7. The highest BCUT2D eigenvalue weighted by Gasteiger charge is 2.26. The Balaban J connectivity index is 1.55. The summed E-state index contributed by atoms with van der Waals surface area (Å²) in [6, 6.07) is 15.5. The lowest BCUT2D eigenvalue weighted by Gasteiger charge is -2.25. The van der Waals surface area contributed by atoms with Gasteiger partial charge in [0.05, 0.1) is 11.6 Å². The highest BCUT2D eigenvalue weighted by Crippen LogP contribution is 2.17. The highest BCUT2D eigenvalue weighted by atomic mass is 35.5. The molecule has 8 heteroatoms. The number of amides is 3. The molecular weight excluding hydrogens is 404 g/mol. The largest absolute Gasteiger partial charge is 0.481 e. The SMILES string of the molecule is CC(Oc1cccc(C#N)c1)C(=O)N1CCCN(C(=O)Nc2cccc(Cl)c2)CC1.